The van der Waals surface area contributed by atoms with Crippen molar-refractivity contribution in [2.24, 2.45) is 0 Å². The highest BCUT2D eigenvalue weighted by atomic mass is 32.2. The number of ether oxygens (including phenoxy) is 2. The summed E-state index contributed by atoms with van der Waals surface area (Å²) in [6.07, 6.45) is 0. The van der Waals surface area contributed by atoms with Gasteiger partial charge in [0.2, 0.25) is 5.91 Å². The number of nitrogens with zero attached hydrogens (tertiary/aromatic N) is 3. The van der Waals surface area contributed by atoms with Crippen molar-refractivity contribution in [3.63, 3.8) is 0 Å². The Hall–Kier alpha value is -4.11. The number of aromatic nitrogens is 3. The van der Waals surface area contributed by atoms with Gasteiger partial charge in [0.25, 0.3) is 0 Å². The largest absolute Gasteiger partial charge is 0.485 e. The van der Waals surface area contributed by atoms with Gasteiger partial charge in [0.15, 0.2) is 11.0 Å². The number of nitrogens with one attached hydrogen (secondary N) is 1. The molecule has 0 saturated carbocycles. The van der Waals surface area contributed by atoms with Gasteiger partial charge in [0.05, 0.1) is 17.9 Å². The molecule has 9 heteroatoms. The predicted octanol–water partition coefficient (Wildman–Crippen LogP) is 5.68. The molecule has 0 aliphatic heterocycles. The van der Waals surface area contributed by atoms with E-state index < -0.39 is 5.97 Å². The van der Waals surface area contributed by atoms with Crippen LogP contribution in [0.4, 0.5) is 5.69 Å². The molecule has 0 fully saturated rings. The van der Waals surface area contributed by atoms with Crippen molar-refractivity contribution in [3.8, 4) is 11.4 Å². The SMILES string of the molecule is CCOC(=O)c1cccc(NC(=O)CSc2nnc(COc3c(C)cccc3C)n2-c2ccc(C)cc2)c1. The van der Waals surface area contributed by atoms with E-state index in [1.54, 1.807) is 31.2 Å². The van der Waals surface area contributed by atoms with E-state index in [0.717, 1.165) is 28.1 Å². The van der Waals surface area contributed by atoms with Gasteiger partial charge in [-0.25, -0.2) is 4.79 Å². The van der Waals surface area contributed by atoms with Crippen molar-refractivity contribution >= 4 is 29.3 Å². The van der Waals surface area contributed by atoms with Crippen LogP contribution in [0, 0.1) is 20.8 Å². The number of thioether (sulfide) groups is 1. The molecular formula is C29H30N4O4S. The molecule has 0 saturated heterocycles. The number of aryl methyl sites for hydroxylation is 3. The summed E-state index contributed by atoms with van der Waals surface area (Å²) in [6.45, 7) is 8.30. The Morgan fingerprint density at radius 1 is 0.947 bits per heavy atom. The zero-order chi connectivity index (χ0) is 27.1. The second kappa shape index (κ2) is 12.4. The lowest BCUT2D eigenvalue weighted by molar-refractivity contribution is -0.113. The fraction of sp³-hybridized carbons (Fsp3) is 0.241. The average molecular weight is 531 g/mol. The number of esters is 1. The Balaban J connectivity index is 1.50. The van der Waals surface area contributed by atoms with Crippen LogP contribution < -0.4 is 10.1 Å². The van der Waals surface area contributed by atoms with Crippen molar-refractivity contribution in [2.75, 3.05) is 17.7 Å². The highest BCUT2D eigenvalue weighted by molar-refractivity contribution is 7.99. The molecule has 1 amide bonds. The number of carbonyl (C=O) groups is 2. The zero-order valence-electron chi connectivity index (χ0n) is 21.9. The molecule has 38 heavy (non-hydrogen) atoms. The summed E-state index contributed by atoms with van der Waals surface area (Å²) in [5.74, 6) is 0.888. The van der Waals surface area contributed by atoms with Gasteiger partial charge in [-0.15, -0.1) is 10.2 Å². The number of rotatable bonds is 10. The topological polar surface area (TPSA) is 95.3 Å². The predicted molar refractivity (Wildman–Crippen MR) is 148 cm³/mol. The van der Waals surface area contributed by atoms with E-state index in [9.17, 15) is 9.59 Å². The van der Waals surface area contributed by atoms with Gasteiger partial charge in [-0.2, -0.15) is 0 Å². The molecule has 4 aromatic rings. The molecule has 1 N–H and O–H groups in total. The number of benzene rings is 3. The molecule has 0 radical (unpaired) electrons. The number of hydrogen-bond acceptors (Lipinski definition) is 7. The quantitative estimate of drug-likeness (QED) is 0.208. The molecule has 0 aliphatic carbocycles. The van der Waals surface area contributed by atoms with Crippen molar-refractivity contribution in [1.29, 1.82) is 0 Å². The summed E-state index contributed by atoms with van der Waals surface area (Å²) in [7, 11) is 0. The Morgan fingerprint density at radius 2 is 1.66 bits per heavy atom. The van der Waals surface area contributed by atoms with E-state index in [4.69, 9.17) is 9.47 Å². The second-order valence-electron chi connectivity index (χ2n) is 8.72. The van der Waals surface area contributed by atoms with Crippen molar-refractivity contribution < 1.29 is 19.1 Å². The first-order valence-electron chi connectivity index (χ1n) is 12.3. The second-order valence-corrected chi connectivity index (χ2v) is 9.66. The van der Waals surface area contributed by atoms with Gasteiger partial charge in [0, 0.05) is 11.4 Å². The summed E-state index contributed by atoms with van der Waals surface area (Å²) in [5.41, 5.74) is 5.00. The first-order chi connectivity index (χ1) is 18.4. The summed E-state index contributed by atoms with van der Waals surface area (Å²) in [4.78, 5) is 24.8. The van der Waals surface area contributed by atoms with E-state index >= 15 is 0 Å². The number of anilines is 1. The van der Waals surface area contributed by atoms with E-state index in [0.29, 0.717) is 22.2 Å². The molecular weight excluding hydrogens is 500 g/mol. The maximum absolute atomic E-state index is 12.7. The normalized spacial score (nSPS) is 10.7. The number of para-hydroxylation sites is 1. The van der Waals surface area contributed by atoms with Crippen LogP contribution in [0.2, 0.25) is 0 Å². The number of amides is 1. The molecule has 0 unspecified atom stereocenters. The Morgan fingerprint density at radius 3 is 2.37 bits per heavy atom. The van der Waals surface area contributed by atoms with Crippen LogP contribution in [0.1, 0.15) is 39.8 Å². The van der Waals surface area contributed by atoms with Gasteiger partial charge in [-0.1, -0.05) is 53.7 Å². The number of carbonyl (C=O) groups excluding carboxylic acids is 2. The minimum Gasteiger partial charge on any atom is -0.485 e. The first-order valence-corrected chi connectivity index (χ1v) is 13.2. The molecule has 0 atom stereocenters. The third-order valence-corrected chi connectivity index (χ3v) is 6.67. The lowest BCUT2D eigenvalue weighted by Crippen LogP contribution is -2.15. The van der Waals surface area contributed by atoms with E-state index in [2.05, 4.69) is 15.5 Å². The fourth-order valence-corrected chi connectivity index (χ4v) is 4.64. The molecule has 196 valence electrons. The minimum atomic E-state index is -0.431. The molecule has 1 aromatic heterocycles. The van der Waals surface area contributed by atoms with Crippen LogP contribution in [0.25, 0.3) is 5.69 Å². The lowest BCUT2D eigenvalue weighted by Gasteiger charge is -2.14. The van der Waals surface area contributed by atoms with Crippen LogP contribution >= 0.6 is 11.8 Å². The van der Waals surface area contributed by atoms with Crippen molar-refractivity contribution in [2.45, 2.75) is 39.5 Å². The van der Waals surface area contributed by atoms with Crippen molar-refractivity contribution in [3.05, 3.63) is 94.8 Å². The molecule has 0 spiro atoms. The molecule has 0 bridgehead atoms. The Bertz CT molecular complexity index is 1410. The highest BCUT2D eigenvalue weighted by Crippen LogP contribution is 2.26. The first kappa shape index (κ1) is 26.9. The summed E-state index contributed by atoms with van der Waals surface area (Å²) in [5, 5.41) is 12.2. The van der Waals surface area contributed by atoms with Gasteiger partial charge in [-0.3, -0.25) is 9.36 Å². The molecule has 8 nitrogen and oxygen atoms in total. The maximum atomic E-state index is 12.7. The van der Waals surface area contributed by atoms with Crippen LogP contribution in [-0.4, -0.2) is 39.0 Å². The van der Waals surface area contributed by atoms with Gasteiger partial charge in [-0.05, 0) is 69.2 Å². The molecule has 0 aliphatic rings. The van der Waals surface area contributed by atoms with E-state index in [1.807, 2.05) is 67.8 Å². The van der Waals surface area contributed by atoms with E-state index in [-0.39, 0.29) is 24.9 Å². The van der Waals surface area contributed by atoms with Crippen LogP contribution in [0.15, 0.2) is 71.9 Å². The third kappa shape index (κ3) is 6.60. The zero-order valence-corrected chi connectivity index (χ0v) is 22.7. The minimum absolute atomic E-state index is 0.103. The highest BCUT2D eigenvalue weighted by Gasteiger charge is 2.18. The van der Waals surface area contributed by atoms with Crippen LogP contribution in [0.3, 0.4) is 0 Å². The fourth-order valence-electron chi connectivity index (χ4n) is 3.87. The summed E-state index contributed by atoms with van der Waals surface area (Å²) in [6, 6.07) is 20.7. The van der Waals surface area contributed by atoms with Gasteiger partial charge < -0.3 is 14.8 Å². The van der Waals surface area contributed by atoms with E-state index in [1.165, 1.54) is 11.8 Å². The summed E-state index contributed by atoms with van der Waals surface area (Å²) >= 11 is 1.27. The third-order valence-electron chi connectivity index (χ3n) is 5.74. The lowest BCUT2D eigenvalue weighted by atomic mass is 10.1. The summed E-state index contributed by atoms with van der Waals surface area (Å²) < 4.78 is 13.1. The van der Waals surface area contributed by atoms with Crippen LogP contribution in [-0.2, 0) is 16.1 Å². The van der Waals surface area contributed by atoms with Gasteiger partial charge in [0.1, 0.15) is 12.4 Å². The molecule has 3 aromatic carbocycles. The smallest absolute Gasteiger partial charge is 0.338 e. The number of hydrogen-bond donors (Lipinski definition) is 1. The monoisotopic (exact) mass is 530 g/mol. The molecule has 1 heterocycles. The van der Waals surface area contributed by atoms with Gasteiger partial charge >= 0.3 is 5.97 Å². The van der Waals surface area contributed by atoms with Crippen LogP contribution in [0.5, 0.6) is 5.75 Å². The maximum Gasteiger partial charge on any atom is 0.338 e. The Kier molecular flexibility index (Phi) is 8.81. The Labute approximate surface area is 226 Å². The average Bonchev–Trinajstić information content (AvgIpc) is 3.30. The standard InChI is InChI=1S/C29H30N4O4S/c1-5-36-28(35)22-10-7-11-23(16-22)30-26(34)18-38-29-32-31-25(33(29)24-14-12-19(2)13-15-24)17-37-27-20(3)8-6-9-21(27)4/h6-16H,5,17-18H2,1-4H3,(H,30,34). The molecule has 4 rings (SSSR count). The van der Waals surface area contributed by atoms with Crippen molar-refractivity contribution in [1.82, 2.24) is 14.8 Å².